The Morgan fingerprint density at radius 2 is 0.771 bits per heavy atom. The summed E-state index contributed by atoms with van der Waals surface area (Å²) in [6, 6.07) is 38.8. The fourth-order valence-corrected chi connectivity index (χ4v) is 15.7. The number of halogens is 4. The Hall–Kier alpha value is -10.8. The lowest BCUT2D eigenvalue weighted by atomic mass is 9.98. The van der Waals surface area contributed by atoms with Crippen LogP contribution in [0.15, 0.2) is 158 Å². The monoisotopic (exact) mass is 1780 g/mol. The number of phenolic OH excluding ortho intramolecular Hbond substituents is 1. The summed E-state index contributed by atoms with van der Waals surface area (Å²) in [5.41, 5.74) is 11.1. The molecule has 3 aliphatic heterocycles. The van der Waals surface area contributed by atoms with Crippen LogP contribution in [0.25, 0.3) is 32.7 Å². The van der Waals surface area contributed by atoms with Crippen molar-refractivity contribution in [2.24, 2.45) is 17.8 Å². The Labute approximate surface area is 700 Å². The number of fused-ring (bicyclic) bond motifs is 6. The number of nitrogens with one attached hydrogen (secondary N) is 1. The van der Waals surface area contributed by atoms with Crippen molar-refractivity contribution >= 4 is 120 Å². The van der Waals surface area contributed by atoms with Crippen molar-refractivity contribution in [1.29, 1.82) is 0 Å². The molecule has 30 heteroatoms. The highest BCUT2D eigenvalue weighted by Crippen LogP contribution is 2.49. The topological polar surface area (TPSA) is 278 Å². The number of aromatic nitrogens is 3. The number of phenols is 1. The number of pyridine rings is 3. The van der Waals surface area contributed by atoms with Gasteiger partial charge in [-0.2, -0.15) is 0 Å². The number of sulfonamides is 3. The predicted molar refractivity (Wildman–Crippen MR) is 463 cm³/mol. The Morgan fingerprint density at radius 1 is 0.458 bits per heavy atom. The highest BCUT2D eigenvalue weighted by atomic mass is 127. The minimum Gasteiger partial charge on any atom is -0.505 e. The minimum atomic E-state index is -3.70. The zero-order valence-electron chi connectivity index (χ0n) is 68.1. The number of alkyl halides is 1. The van der Waals surface area contributed by atoms with Crippen molar-refractivity contribution in [2.75, 3.05) is 84.6 Å². The molecule has 0 saturated carbocycles. The maximum Gasteiger partial charge on any atom is 0.258 e. The van der Waals surface area contributed by atoms with Gasteiger partial charge in [-0.15, -0.1) is 0 Å². The standard InChI is InChI=1S/C32H34FN3O5S.C28H26FN3O5S.C24H26FN3O4S.C4H9I/c1-20(2)17-36-18-27-28(32(36)37)31(41-19-22-8-12-25(40-4)13-9-22)29-26(30(27)35(3)42(5,38)39)15-23(16-34-29)14-21-6-10-24(33)11-7-21;1-32(38(3,34)35)26-22-13-19(12-17-4-8-20(29)9-5-17)14-30-25(22)27(24-23(26)15-31-28(24)33)37-16-18-6-10-21(36-2)11-7-18;1-14(2)12-28-13-19-20(24(28)30)23(29)21-18(22(19)27(3)33(4,31)32)10-16(11-26-21)9-15-5-7-17(25)8-6-15;1-4(2)3-5/h6-13,15-16,20H,14,17-19H2,1-5H3;4-11,13-14H,12,15-16H2,1-3H3,(H,31,33);5-8,10-11,14,29H,9,12-13H2,1-4H3;4H,3H2,1-2H3. The number of aromatic hydroxyl groups is 1. The summed E-state index contributed by atoms with van der Waals surface area (Å²) in [7, 11) is -3.46. The lowest BCUT2D eigenvalue weighted by molar-refractivity contribution is 0.0750. The van der Waals surface area contributed by atoms with E-state index in [9.17, 15) is 57.9 Å². The Bertz CT molecular complexity index is 5960. The molecule has 0 saturated heterocycles. The Balaban J connectivity index is 0.000000170. The normalized spacial score (nSPS) is 13.0. The van der Waals surface area contributed by atoms with Gasteiger partial charge in [-0.1, -0.05) is 125 Å². The third-order valence-electron chi connectivity index (χ3n) is 20.0. The molecular weight excluding hydrogens is 1690 g/mol. The summed E-state index contributed by atoms with van der Waals surface area (Å²) in [4.78, 5) is 57.0. The molecule has 6 heterocycles. The molecule has 11 aromatic rings. The van der Waals surface area contributed by atoms with Gasteiger partial charge in [-0.3, -0.25) is 42.3 Å². The number of carbonyl (C=O) groups excluding carboxylic acids is 3. The van der Waals surface area contributed by atoms with Crippen LogP contribution in [-0.4, -0.2) is 144 Å². The third-order valence-corrected chi connectivity index (χ3v) is 25.3. The van der Waals surface area contributed by atoms with E-state index in [4.69, 9.17) is 23.9 Å². The quantitative estimate of drug-likeness (QED) is 0.0397. The first-order valence-corrected chi connectivity index (χ1v) is 45.0. The van der Waals surface area contributed by atoms with E-state index < -0.39 is 30.1 Å². The van der Waals surface area contributed by atoms with Gasteiger partial charge in [0.2, 0.25) is 30.1 Å². The second-order valence-corrected chi connectivity index (χ2v) is 37.5. The number of anilines is 3. The number of hydrogen-bond acceptors (Lipinski definition) is 17. The number of rotatable bonds is 25. The molecule has 0 spiro atoms. The second kappa shape index (κ2) is 37.0. The molecule has 3 aromatic heterocycles. The predicted octanol–water partition coefficient (Wildman–Crippen LogP) is 15.5. The number of methoxy groups -OCH3 is 2. The van der Waals surface area contributed by atoms with E-state index in [2.05, 4.69) is 51.7 Å². The first kappa shape index (κ1) is 88.0. The highest BCUT2D eigenvalue weighted by Gasteiger charge is 2.41. The molecule has 0 radical (unpaired) electrons. The van der Waals surface area contributed by atoms with Crippen LogP contribution in [0.2, 0.25) is 0 Å². The first-order valence-electron chi connectivity index (χ1n) is 38.0. The third kappa shape index (κ3) is 20.3. The first-order chi connectivity index (χ1) is 55.8. The summed E-state index contributed by atoms with van der Waals surface area (Å²) in [6.45, 7) is 14.4. The number of nitrogens with zero attached hydrogens (tertiary/aromatic N) is 8. The zero-order valence-corrected chi connectivity index (χ0v) is 72.7. The van der Waals surface area contributed by atoms with Crippen molar-refractivity contribution < 1.29 is 76.9 Å². The van der Waals surface area contributed by atoms with Crippen LogP contribution >= 0.6 is 22.6 Å². The van der Waals surface area contributed by atoms with Crippen molar-refractivity contribution in [1.82, 2.24) is 30.1 Å². The Morgan fingerprint density at radius 3 is 1.11 bits per heavy atom. The van der Waals surface area contributed by atoms with Crippen molar-refractivity contribution in [2.45, 2.75) is 93.7 Å². The molecule has 0 aliphatic carbocycles. The van der Waals surface area contributed by atoms with E-state index in [0.717, 1.165) is 73.5 Å². The molecule has 0 fully saturated rings. The summed E-state index contributed by atoms with van der Waals surface area (Å²) in [5, 5.41) is 15.3. The molecule has 3 amide bonds. The Kier molecular flexibility index (Phi) is 27.6. The molecule has 622 valence electrons. The number of benzene rings is 8. The van der Waals surface area contributed by atoms with Crippen molar-refractivity contribution in [3.05, 3.63) is 253 Å². The second-order valence-electron chi connectivity index (χ2n) is 30.6. The molecule has 2 N–H and O–H groups in total. The summed E-state index contributed by atoms with van der Waals surface area (Å²) >= 11 is 2.38. The van der Waals surface area contributed by atoms with Gasteiger partial charge in [-0.25, -0.2) is 38.4 Å². The van der Waals surface area contributed by atoms with Gasteiger partial charge in [0, 0.05) is 110 Å². The highest BCUT2D eigenvalue weighted by molar-refractivity contribution is 14.1. The van der Waals surface area contributed by atoms with Crippen LogP contribution < -0.4 is 37.2 Å². The molecule has 3 aliphatic rings. The van der Waals surface area contributed by atoms with E-state index in [-0.39, 0.29) is 102 Å². The fraction of sp³-hybridized carbons (Fsp3) is 0.318. The maximum atomic E-state index is 13.9. The van der Waals surface area contributed by atoms with Gasteiger partial charge in [0.25, 0.3) is 17.7 Å². The van der Waals surface area contributed by atoms with Crippen LogP contribution in [0, 0.1) is 35.2 Å². The lowest BCUT2D eigenvalue weighted by Gasteiger charge is -2.24. The zero-order chi connectivity index (χ0) is 85.6. The van der Waals surface area contributed by atoms with Gasteiger partial charge in [0.05, 0.1) is 66.7 Å². The van der Waals surface area contributed by atoms with Gasteiger partial charge >= 0.3 is 0 Å². The summed E-state index contributed by atoms with van der Waals surface area (Å²) < 4.78 is 144. The molecular formula is C88H95F3IN9O14S3. The van der Waals surface area contributed by atoms with Crippen LogP contribution in [-0.2, 0) is 82.2 Å². The average molecular weight is 1780 g/mol. The van der Waals surface area contributed by atoms with Gasteiger partial charge < -0.3 is 39.2 Å². The molecule has 8 aromatic carbocycles. The largest absolute Gasteiger partial charge is 0.505 e. The molecule has 0 bridgehead atoms. The fourth-order valence-electron chi connectivity index (χ4n) is 14.1. The molecule has 118 heavy (non-hydrogen) atoms. The number of ether oxygens (including phenoxy) is 4. The number of amides is 3. The van der Waals surface area contributed by atoms with E-state index in [0.29, 0.717) is 122 Å². The van der Waals surface area contributed by atoms with Crippen LogP contribution in [0.3, 0.4) is 0 Å². The van der Waals surface area contributed by atoms with Crippen molar-refractivity contribution in [3.63, 3.8) is 0 Å². The van der Waals surface area contributed by atoms with E-state index in [1.807, 2.05) is 88.4 Å². The minimum absolute atomic E-state index is 0.104. The average Bonchev–Trinajstić information content (AvgIpc) is 1.64. The summed E-state index contributed by atoms with van der Waals surface area (Å²) in [5.74, 6) is 1.20. The SMILES string of the molecule is CC(C)CI.CC(C)CN1Cc2c(c(O)c3ncc(Cc4ccc(F)cc4)cc3c2N(C)S(C)(=O)=O)C1=O.COc1ccc(COc2c3c(c(N(C)S(C)(=O)=O)c4cc(Cc5ccc(F)cc5)cnc24)CN(CC(C)C)C3=O)cc1.COc1ccc(COc2c3c(c(N(C)S(C)(=O)=O)c4cc(Cc5ccc(F)cc5)cnc24)CNC3=O)cc1. The van der Waals surface area contributed by atoms with Gasteiger partial charge in [-0.05, 0) is 160 Å². The van der Waals surface area contributed by atoms with Gasteiger partial charge in [0.1, 0.15) is 58.7 Å². The number of carbonyl (C=O) groups is 3. The number of hydrogen-bond donors (Lipinski definition) is 2. The summed E-state index contributed by atoms with van der Waals surface area (Å²) in [6.07, 6.45) is 9.63. The van der Waals surface area contributed by atoms with E-state index in [1.54, 1.807) is 85.1 Å². The molecule has 0 atom stereocenters. The van der Waals surface area contributed by atoms with E-state index >= 15 is 0 Å². The molecule has 0 unspecified atom stereocenters. The van der Waals surface area contributed by atoms with E-state index in [1.165, 1.54) is 70.6 Å². The van der Waals surface area contributed by atoms with Crippen LogP contribution in [0.1, 0.15) is 134 Å². The molecule has 14 rings (SSSR count). The van der Waals surface area contributed by atoms with Gasteiger partial charge in [0.15, 0.2) is 17.2 Å². The maximum absolute atomic E-state index is 13.9. The van der Waals surface area contributed by atoms with Crippen LogP contribution in [0.5, 0.6) is 28.7 Å². The smallest absolute Gasteiger partial charge is 0.258 e. The lowest BCUT2D eigenvalue weighted by Crippen LogP contribution is -2.28. The van der Waals surface area contributed by atoms with Crippen molar-refractivity contribution in [3.8, 4) is 28.7 Å². The van der Waals surface area contributed by atoms with Crippen LogP contribution in [0.4, 0.5) is 30.2 Å². The molecule has 23 nitrogen and oxygen atoms in total.